The van der Waals surface area contributed by atoms with Gasteiger partial charge >= 0.3 is 0 Å². The molecule has 0 spiro atoms. The molecule has 0 N–H and O–H groups in total. The molecular formula is C15H18N2O2S2. The van der Waals surface area contributed by atoms with Crippen molar-refractivity contribution in [3.05, 3.63) is 33.4 Å². The third kappa shape index (κ3) is 2.45. The summed E-state index contributed by atoms with van der Waals surface area (Å²) in [5.74, 6) is 0. The van der Waals surface area contributed by atoms with Crippen molar-refractivity contribution in [2.24, 2.45) is 0 Å². The van der Waals surface area contributed by atoms with Gasteiger partial charge in [0, 0.05) is 17.8 Å². The molecule has 6 heteroatoms. The topological polar surface area (TPSA) is 44.1 Å². The van der Waals surface area contributed by atoms with Crippen molar-refractivity contribution in [3.63, 3.8) is 0 Å². The molecule has 3 rings (SSSR count). The van der Waals surface area contributed by atoms with E-state index in [1.54, 1.807) is 22.0 Å². The maximum absolute atomic E-state index is 12.9. The van der Waals surface area contributed by atoms with E-state index >= 15 is 0 Å². The molecule has 3 heterocycles. The first-order chi connectivity index (χ1) is 9.96. The minimum Gasteiger partial charge on any atom is -0.370 e. The van der Waals surface area contributed by atoms with Crippen LogP contribution in [-0.4, -0.2) is 21.4 Å². The third-order valence-corrected chi connectivity index (χ3v) is 5.43. The lowest BCUT2D eigenvalue weighted by Gasteiger charge is -2.29. The second kappa shape index (κ2) is 5.26. The highest BCUT2D eigenvalue weighted by atomic mass is 32.2. The summed E-state index contributed by atoms with van der Waals surface area (Å²) in [6.45, 7) is 8.92. The van der Waals surface area contributed by atoms with Crippen LogP contribution in [0.3, 0.4) is 0 Å². The summed E-state index contributed by atoms with van der Waals surface area (Å²) in [5, 5.41) is 1.51. The van der Waals surface area contributed by atoms with Gasteiger partial charge in [0.15, 0.2) is 5.16 Å². The highest BCUT2D eigenvalue weighted by molar-refractivity contribution is 7.98. The summed E-state index contributed by atoms with van der Waals surface area (Å²) in [7, 11) is 0. The summed E-state index contributed by atoms with van der Waals surface area (Å²) in [6, 6.07) is 0. The highest BCUT2D eigenvalue weighted by Gasteiger charge is 2.31. The van der Waals surface area contributed by atoms with Crippen molar-refractivity contribution in [2.75, 3.05) is 6.26 Å². The molecule has 0 fully saturated rings. The molecule has 0 saturated heterocycles. The largest absolute Gasteiger partial charge is 0.370 e. The zero-order valence-corrected chi connectivity index (χ0v) is 14.1. The van der Waals surface area contributed by atoms with Crippen LogP contribution < -0.4 is 5.56 Å². The second-order valence-electron chi connectivity index (χ2n) is 5.71. The maximum atomic E-state index is 12.9. The minimum absolute atomic E-state index is 0.0412. The molecule has 2 aromatic heterocycles. The molecule has 2 aromatic rings. The standard InChI is InChI=1S/C15H18N2O2S2/c1-5-6-17-13(18)11-9-7-15(2,3)19-8-10(9)21-12(11)16-14(17)20-4/h5H,1,6-8H2,2-4H3. The van der Waals surface area contributed by atoms with Crippen LogP contribution in [0.15, 0.2) is 22.6 Å². The lowest BCUT2D eigenvalue weighted by Crippen LogP contribution is -2.32. The molecule has 0 unspecified atom stereocenters. The maximum Gasteiger partial charge on any atom is 0.263 e. The molecule has 112 valence electrons. The first kappa shape index (κ1) is 14.8. The Kier molecular flexibility index (Phi) is 3.71. The van der Waals surface area contributed by atoms with Crippen LogP contribution >= 0.6 is 23.1 Å². The molecular weight excluding hydrogens is 304 g/mol. The van der Waals surface area contributed by atoms with Gasteiger partial charge in [-0.1, -0.05) is 17.8 Å². The van der Waals surface area contributed by atoms with Gasteiger partial charge in [-0.2, -0.15) is 0 Å². The molecule has 1 aliphatic rings. The first-order valence-corrected chi connectivity index (χ1v) is 8.85. The Hall–Kier alpha value is -1.11. The fourth-order valence-electron chi connectivity index (χ4n) is 2.65. The lowest BCUT2D eigenvalue weighted by atomic mass is 9.94. The Balaban J connectivity index is 2.30. The SMILES string of the molecule is C=CCn1c(SC)nc2sc3c(c2c1=O)CC(C)(C)OC3. The van der Waals surface area contributed by atoms with Crippen molar-refractivity contribution in [1.29, 1.82) is 0 Å². The van der Waals surface area contributed by atoms with Crippen molar-refractivity contribution < 1.29 is 4.74 Å². The van der Waals surface area contributed by atoms with E-state index in [0.717, 1.165) is 32.2 Å². The fraction of sp³-hybridized carbons (Fsp3) is 0.467. The average molecular weight is 322 g/mol. The third-order valence-electron chi connectivity index (χ3n) is 3.65. The predicted molar refractivity (Wildman–Crippen MR) is 88.4 cm³/mol. The number of rotatable bonds is 3. The summed E-state index contributed by atoms with van der Waals surface area (Å²) >= 11 is 3.07. The molecule has 0 amide bonds. The number of thiophene rings is 1. The van der Waals surface area contributed by atoms with Crippen LogP contribution in [0, 0.1) is 0 Å². The Morgan fingerprint density at radius 3 is 3.00 bits per heavy atom. The van der Waals surface area contributed by atoms with E-state index < -0.39 is 0 Å². The van der Waals surface area contributed by atoms with Crippen LogP contribution in [0.4, 0.5) is 0 Å². The van der Waals surface area contributed by atoms with Gasteiger partial charge in [-0.3, -0.25) is 9.36 Å². The van der Waals surface area contributed by atoms with E-state index in [4.69, 9.17) is 4.74 Å². The van der Waals surface area contributed by atoms with Crippen molar-refractivity contribution in [1.82, 2.24) is 9.55 Å². The second-order valence-corrected chi connectivity index (χ2v) is 7.57. The van der Waals surface area contributed by atoms with Gasteiger partial charge in [0.25, 0.3) is 5.56 Å². The highest BCUT2D eigenvalue weighted by Crippen LogP contribution is 2.37. The summed E-state index contributed by atoms with van der Waals surface area (Å²) in [4.78, 5) is 19.5. The van der Waals surface area contributed by atoms with Gasteiger partial charge in [-0.15, -0.1) is 17.9 Å². The smallest absolute Gasteiger partial charge is 0.263 e. The van der Waals surface area contributed by atoms with Crippen molar-refractivity contribution in [3.8, 4) is 0 Å². The van der Waals surface area contributed by atoms with Gasteiger partial charge in [-0.05, 0) is 25.7 Å². The number of fused-ring (bicyclic) bond motifs is 3. The molecule has 0 aliphatic carbocycles. The van der Waals surface area contributed by atoms with E-state index in [0.29, 0.717) is 13.2 Å². The number of hydrogen-bond donors (Lipinski definition) is 0. The number of ether oxygens (including phenoxy) is 1. The fourth-order valence-corrected chi connectivity index (χ4v) is 4.36. The van der Waals surface area contributed by atoms with Gasteiger partial charge in [0.1, 0.15) is 4.83 Å². The molecule has 4 nitrogen and oxygen atoms in total. The van der Waals surface area contributed by atoms with Crippen LogP contribution in [0.2, 0.25) is 0 Å². The van der Waals surface area contributed by atoms with E-state index in [9.17, 15) is 4.79 Å². The molecule has 0 aromatic carbocycles. The molecule has 0 atom stereocenters. The van der Waals surface area contributed by atoms with Crippen LogP contribution in [0.25, 0.3) is 10.2 Å². The Labute approximate surface area is 131 Å². The van der Waals surface area contributed by atoms with Gasteiger partial charge < -0.3 is 4.74 Å². The Bertz CT molecular complexity index is 774. The van der Waals surface area contributed by atoms with Crippen molar-refractivity contribution >= 4 is 33.3 Å². The molecule has 0 radical (unpaired) electrons. The first-order valence-electron chi connectivity index (χ1n) is 6.81. The molecule has 1 aliphatic heterocycles. The molecule has 0 bridgehead atoms. The summed E-state index contributed by atoms with van der Waals surface area (Å²) in [5.41, 5.74) is 0.934. The van der Waals surface area contributed by atoms with Crippen LogP contribution in [-0.2, 0) is 24.3 Å². The van der Waals surface area contributed by atoms with Gasteiger partial charge in [-0.25, -0.2) is 4.98 Å². The van der Waals surface area contributed by atoms with Gasteiger partial charge in [0.2, 0.25) is 0 Å². The molecule has 0 saturated carbocycles. The number of aromatic nitrogens is 2. The Morgan fingerprint density at radius 1 is 1.57 bits per heavy atom. The Morgan fingerprint density at radius 2 is 2.33 bits per heavy atom. The molecule has 21 heavy (non-hydrogen) atoms. The predicted octanol–water partition coefficient (Wildman–Crippen LogP) is 3.22. The number of allylic oxidation sites excluding steroid dienone is 1. The normalized spacial score (nSPS) is 16.9. The van der Waals surface area contributed by atoms with Crippen molar-refractivity contribution in [2.45, 2.75) is 44.2 Å². The van der Waals surface area contributed by atoms with Crippen LogP contribution in [0.5, 0.6) is 0 Å². The van der Waals surface area contributed by atoms with E-state index in [2.05, 4.69) is 25.4 Å². The number of nitrogens with zero attached hydrogens (tertiary/aromatic N) is 2. The quantitative estimate of drug-likeness (QED) is 0.494. The monoisotopic (exact) mass is 322 g/mol. The summed E-state index contributed by atoms with van der Waals surface area (Å²) in [6.07, 6.45) is 4.43. The van der Waals surface area contributed by atoms with Gasteiger partial charge in [0.05, 0.1) is 17.6 Å². The summed E-state index contributed by atoms with van der Waals surface area (Å²) < 4.78 is 7.55. The minimum atomic E-state index is -0.227. The van der Waals surface area contributed by atoms with E-state index in [1.807, 2.05) is 6.26 Å². The average Bonchev–Trinajstić information content (AvgIpc) is 2.78. The lowest BCUT2D eigenvalue weighted by molar-refractivity contribution is -0.0379. The van der Waals surface area contributed by atoms with E-state index in [1.165, 1.54) is 11.8 Å². The van der Waals surface area contributed by atoms with E-state index in [-0.39, 0.29) is 11.2 Å². The number of hydrogen-bond acceptors (Lipinski definition) is 5. The zero-order valence-electron chi connectivity index (χ0n) is 12.4. The zero-order chi connectivity index (χ0) is 15.2. The van der Waals surface area contributed by atoms with Crippen LogP contribution in [0.1, 0.15) is 24.3 Å². The number of thioether (sulfide) groups is 1.